The first-order chi connectivity index (χ1) is 16.6. The molecule has 0 unspecified atom stereocenters. The van der Waals surface area contributed by atoms with Crippen LogP contribution in [0.25, 0.3) is 22.4 Å². The van der Waals surface area contributed by atoms with E-state index in [0.717, 1.165) is 34.4 Å². The second kappa shape index (κ2) is 10.4. The number of aromatic nitrogens is 2. The molecule has 1 N–H and O–H groups in total. The van der Waals surface area contributed by atoms with E-state index in [1.165, 1.54) is 0 Å². The Hall–Kier alpha value is -3.57. The second-order valence-corrected chi connectivity index (χ2v) is 7.77. The van der Waals surface area contributed by atoms with E-state index in [1.807, 2.05) is 54.6 Å². The Bertz CT molecular complexity index is 1400. The van der Waals surface area contributed by atoms with E-state index < -0.39 is 17.2 Å². The third-order valence-corrected chi connectivity index (χ3v) is 5.74. The Labute approximate surface area is 215 Å². The van der Waals surface area contributed by atoms with Crippen LogP contribution in [-0.4, -0.2) is 15.1 Å². The first-order valence-electron chi connectivity index (χ1n) is 10.7. The van der Waals surface area contributed by atoms with Crippen LogP contribution in [0.3, 0.4) is 0 Å². The minimum atomic E-state index is -1.16. The van der Waals surface area contributed by atoms with Gasteiger partial charge in [0.1, 0.15) is 0 Å². The van der Waals surface area contributed by atoms with Gasteiger partial charge < -0.3 is 10.1 Å². The van der Waals surface area contributed by atoms with Crippen LogP contribution in [0.1, 0.15) is 16.8 Å². The van der Waals surface area contributed by atoms with E-state index in [1.54, 1.807) is 30.6 Å². The van der Waals surface area contributed by atoms with Gasteiger partial charge in [-0.15, -0.1) is 12.1 Å². The number of benzene rings is 3. The molecule has 2 aromatic heterocycles. The van der Waals surface area contributed by atoms with Gasteiger partial charge in [0.05, 0.1) is 5.69 Å². The molecule has 175 valence electrons. The molecule has 0 spiro atoms. The molecule has 5 aromatic rings. The monoisotopic (exact) mass is 642 g/mol. The van der Waals surface area contributed by atoms with Crippen LogP contribution in [0, 0.1) is 17.7 Å². The Kier molecular flexibility index (Phi) is 7.27. The topological polar surface area (TPSA) is 46.0 Å². The average molecular weight is 642 g/mol. The standard InChI is InChI=1S/C18H13NO.C11H6F2N.Ir/c20-18(17-11-5-6-12-19-17)15-9-3-1-7-13(15)14-8-2-4-10-16(14)18;12-8-4-5-9(10(13)7-8)11-3-1-2-6-14-11;/h1-12,20H;1-4,6-7H;/q;-1;. The fraction of sp³-hybridized carbons (Fsp3) is 0.0345. The van der Waals surface area contributed by atoms with Crippen molar-refractivity contribution in [3.8, 4) is 22.4 Å². The Morgan fingerprint density at radius 2 is 1.29 bits per heavy atom. The van der Waals surface area contributed by atoms with Crippen molar-refractivity contribution in [2.45, 2.75) is 5.60 Å². The average Bonchev–Trinajstić information content (AvgIpc) is 3.15. The number of halogens is 2. The molecule has 3 nitrogen and oxygen atoms in total. The van der Waals surface area contributed by atoms with Crippen LogP contribution in [0.5, 0.6) is 0 Å². The number of nitrogens with zero attached hydrogens (tertiary/aromatic N) is 2. The Morgan fingerprint density at radius 3 is 1.83 bits per heavy atom. The number of hydrogen-bond donors (Lipinski definition) is 1. The molecule has 0 atom stereocenters. The molecule has 6 rings (SSSR count). The summed E-state index contributed by atoms with van der Waals surface area (Å²) < 4.78 is 25.8. The van der Waals surface area contributed by atoms with Crippen molar-refractivity contribution >= 4 is 0 Å². The minimum Gasteiger partial charge on any atom is -0.374 e. The number of hydrogen-bond acceptors (Lipinski definition) is 3. The minimum absolute atomic E-state index is 0. The van der Waals surface area contributed by atoms with E-state index in [2.05, 4.69) is 28.2 Å². The van der Waals surface area contributed by atoms with Crippen molar-refractivity contribution < 1.29 is 34.0 Å². The zero-order chi connectivity index (χ0) is 23.5. The molecule has 0 aliphatic heterocycles. The molecule has 0 bridgehead atoms. The summed E-state index contributed by atoms with van der Waals surface area (Å²) in [6.07, 6.45) is 3.27. The maximum Gasteiger partial charge on any atom is 0.158 e. The summed E-state index contributed by atoms with van der Waals surface area (Å²) in [7, 11) is 0. The van der Waals surface area contributed by atoms with E-state index in [9.17, 15) is 13.9 Å². The predicted octanol–water partition coefficient (Wildman–Crippen LogP) is 6.17. The van der Waals surface area contributed by atoms with Crippen LogP contribution < -0.4 is 0 Å². The van der Waals surface area contributed by atoms with Gasteiger partial charge in [-0.1, -0.05) is 78.4 Å². The number of rotatable bonds is 2. The molecule has 1 radical (unpaired) electrons. The molecule has 0 saturated carbocycles. The fourth-order valence-electron chi connectivity index (χ4n) is 4.22. The fourth-order valence-corrected chi connectivity index (χ4v) is 4.22. The van der Waals surface area contributed by atoms with Crippen LogP contribution in [0.15, 0.2) is 109 Å². The summed E-state index contributed by atoms with van der Waals surface area (Å²) in [5.41, 5.74) is 4.11. The van der Waals surface area contributed by atoms with Gasteiger partial charge >= 0.3 is 0 Å². The Morgan fingerprint density at radius 1 is 0.714 bits per heavy atom. The van der Waals surface area contributed by atoms with Gasteiger partial charge in [0.25, 0.3) is 0 Å². The summed E-state index contributed by atoms with van der Waals surface area (Å²) in [5.74, 6) is -1.29. The zero-order valence-electron chi connectivity index (χ0n) is 18.3. The van der Waals surface area contributed by atoms with Gasteiger partial charge in [-0.2, -0.15) is 0 Å². The van der Waals surface area contributed by atoms with Crippen LogP contribution in [-0.2, 0) is 25.7 Å². The summed E-state index contributed by atoms with van der Waals surface area (Å²) in [6, 6.07) is 31.1. The van der Waals surface area contributed by atoms with Crippen molar-refractivity contribution in [1.82, 2.24) is 9.97 Å². The van der Waals surface area contributed by atoms with Crippen molar-refractivity contribution in [1.29, 1.82) is 0 Å². The van der Waals surface area contributed by atoms with E-state index in [-0.39, 0.29) is 25.7 Å². The van der Waals surface area contributed by atoms with Crippen molar-refractivity contribution in [2.75, 3.05) is 0 Å². The van der Waals surface area contributed by atoms with Gasteiger partial charge in [0.15, 0.2) is 5.60 Å². The number of fused-ring (bicyclic) bond motifs is 3. The van der Waals surface area contributed by atoms with Gasteiger partial charge in [0, 0.05) is 55.3 Å². The van der Waals surface area contributed by atoms with Crippen LogP contribution >= 0.6 is 0 Å². The molecule has 6 heteroatoms. The molecule has 1 aliphatic rings. The molecular weight excluding hydrogens is 623 g/mol. The van der Waals surface area contributed by atoms with Gasteiger partial charge in [-0.25, -0.2) is 0 Å². The normalized spacial score (nSPS) is 12.4. The summed E-state index contributed by atoms with van der Waals surface area (Å²) in [4.78, 5) is 8.33. The first-order valence-corrected chi connectivity index (χ1v) is 10.7. The quantitative estimate of drug-likeness (QED) is 0.235. The van der Waals surface area contributed by atoms with Crippen molar-refractivity contribution in [2.24, 2.45) is 0 Å². The van der Waals surface area contributed by atoms with E-state index in [0.29, 0.717) is 11.4 Å². The molecule has 3 aromatic carbocycles. The zero-order valence-corrected chi connectivity index (χ0v) is 20.7. The Balaban J connectivity index is 0.000000171. The summed E-state index contributed by atoms with van der Waals surface area (Å²) >= 11 is 0. The van der Waals surface area contributed by atoms with Crippen LogP contribution in [0.2, 0.25) is 0 Å². The number of aliphatic hydroxyl groups is 1. The smallest absolute Gasteiger partial charge is 0.158 e. The van der Waals surface area contributed by atoms with Gasteiger partial charge in [-0.3, -0.25) is 13.8 Å². The maximum absolute atomic E-state index is 13.2. The molecule has 0 amide bonds. The van der Waals surface area contributed by atoms with Gasteiger partial charge in [0.2, 0.25) is 0 Å². The molecule has 0 saturated heterocycles. The first kappa shape index (κ1) is 24.6. The molecule has 0 fully saturated rings. The third kappa shape index (κ3) is 4.56. The van der Waals surface area contributed by atoms with E-state index in [4.69, 9.17) is 0 Å². The van der Waals surface area contributed by atoms with Crippen molar-refractivity contribution in [3.63, 3.8) is 0 Å². The molecule has 2 heterocycles. The van der Waals surface area contributed by atoms with Crippen molar-refractivity contribution in [3.05, 3.63) is 144 Å². The number of pyridine rings is 2. The largest absolute Gasteiger partial charge is 0.374 e. The van der Waals surface area contributed by atoms with Crippen LogP contribution in [0.4, 0.5) is 8.78 Å². The van der Waals surface area contributed by atoms with Gasteiger partial charge in [-0.05, 0) is 35.0 Å². The third-order valence-electron chi connectivity index (χ3n) is 5.74. The predicted molar refractivity (Wildman–Crippen MR) is 127 cm³/mol. The van der Waals surface area contributed by atoms with E-state index >= 15 is 0 Å². The molecular formula is C29H19F2IrN2O-. The molecule has 1 aliphatic carbocycles. The molecule has 35 heavy (non-hydrogen) atoms. The maximum atomic E-state index is 13.2. The summed E-state index contributed by atoms with van der Waals surface area (Å²) in [5, 5.41) is 11.4. The second-order valence-electron chi connectivity index (χ2n) is 7.77. The summed E-state index contributed by atoms with van der Waals surface area (Å²) in [6.45, 7) is 0. The SMILES string of the molecule is Fc1c[c-]c(-c2ccccn2)c(F)c1.OC1(c2ccccn2)c2ccccc2-c2ccccc21.[Ir].